The van der Waals surface area contributed by atoms with Gasteiger partial charge in [-0.3, -0.25) is 4.79 Å². The average Bonchev–Trinajstić information content (AvgIpc) is 2.67. The van der Waals surface area contributed by atoms with Crippen LogP contribution in [0.1, 0.15) is 53.9 Å². The van der Waals surface area contributed by atoms with Crippen molar-refractivity contribution in [3.05, 3.63) is 0 Å². The predicted octanol–water partition coefficient (Wildman–Crippen LogP) is 1.74. The second-order valence-corrected chi connectivity index (χ2v) is 7.06. The monoisotopic (exact) mass is 269 g/mol. The fourth-order valence-electron chi connectivity index (χ4n) is 2.91. The Labute approximate surface area is 118 Å². The highest BCUT2D eigenvalue weighted by Gasteiger charge is 2.37. The van der Waals surface area contributed by atoms with Crippen molar-refractivity contribution in [1.29, 1.82) is 0 Å². The highest BCUT2D eigenvalue weighted by molar-refractivity contribution is 5.84. The number of carbonyl (C=O) groups is 1. The van der Waals surface area contributed by atoms with Crippen molar-refractivity contribution < 1.29 is 4.79 Å². The highest BCUT2D eigenvalue weighted by Crippen LogP contribution is 2.31. The molecule has 0 saturated carbocycles. The molecule has 1 heterocycles. The zero-order chi connectivity index (χ0) is 14.7. The number of likely N-dealkylation sites (tertiary alicyclic amines) is 1. The second-order valence-electron chi connectivity index (χ2n) is 7.06. The Morgan fingerprint density at radius 3 is 2.58 bits per heavy atom. The van der Waals surface area contributed by atoms with Gasteiger partial charge in [0.2, 0.25) is 5.91 Å². The maximum absolute atomic E-state index is 11.7. The quantitative estimate of drug-likeness (QED) is 0.740. The highest BCUT2D eigenvalue weighted by atomic mass is 16.1. The van der Waals surface area contributed by atoms with Gasteiger partial charge >= 0.3 is 0 Å². The van der Waals surface area contributed by atoms with Gasteiger partial charge in [-0.25, -0.2) is 0 Å². The number of carbonyl (C=O) groups excluding carboxylic acids is 1. The van der Waals surface area contributed by atoms with E-state index in [1.807, 2.05) is 6.92 Å². The van der Waals surface area contributed by atoms with Crippen molar-refractivity contribution in [1.82, 2.24) is 10.2 Å². The summed E-state index contributed by atoms with van der Waals surface area (Å²) in [5.41, 5.74) is 5.39. The summed E-state index contributed by atoms with van der Waals surface area (Å²) in [4.78, 5) is 14.2. The standard InChI is InChI=1S/C15H31N3O/c1-6-8-17-15(5,13(16)19)10-12(2)18-9-7-14(3,4)11-18/h12,17H,6-11H2,1-5H3,(H2,16,19). The summed E-state index contributed by atoms with van der Waals surface area (Å²) < 4.78 is 0. The van der Waals surface area contributed by atoms with Crippen LogP contribution in [0, 0.1) is 5.41 Å². The molecule has 4 heteroatoms. The molecule has 0 aromatic heterocycles. The molecule has 0 aliphatic carbocycles. The molecule has 0 aromatic carbocycles. The fourth-order valence-corrected chi connectivity index (χ4v) is 2.91. The van der Waals surface area contributed by atoms with E-state index >= 15 is 0 Å². The van der Waals surface area contributed by atoms with Gasteiger partial charge in [0.1, 0.15) is 0 Å². The summed E-state index contributed by atoms with van der Waals surface area (Å²) in [6, 6.07) is 0.378. The number of nitrogens with one attached hydrogen (secondary N) is 1. The van der Waals surface area contributed by atoms with Crippen LogP contribution in [0.4, 0.5) is 0 Å². The first-order valence-corrected chi connectivity index (χ1v) is 7.49. The molecular formula is C15H31N3O. The largest absolute Gasteiger partial charge is 0.368 e. The van der Waals surface area contributed by atoms with Gasteiger partial charge in [0, 0.05) is 12.6 Å². The van der Waals surface area contributed by atoms with E-state index in [1.165, 1.54) is 6.42 Å². The normalized spacial score (nSPS) is 24.1. The van der Waals surface area contributed by atoms with Gasteiger partial charge in [0.25, 0.3) is 0 Å². The maximum Gasteiger partial charge on any atom is 0.237 e. The summed E-state index contributed by atoms with van der Waals surface area (Å²) in [6.45, 7) is 13.9. The molecule has 1 aliphatic rings. The lowest BCUT2D eigenvalue weighted by atomic mass is 9.91. The number of rotatable bonds is 7. The van der Waals surface area contributed by atoms with E-state index < -0.39 is 5.54 Å². The third kappa shape index (κ3) is 4.46. The van der Waals surface area contributed by atoms with Gasteiger partial charge in [0.15, 0.2) is 0 Å². The van der Waals surface area contributed by atoms with E-state index in [0.717, 1.165) is 32.5 Å². The number of amides is 1. The number of nitrogens with two attached hydrogens (primary N) is 1. The third-order valence-corrected chi connectivity index (χ3v) is 4.34. The Balaban J connectivity index is 2.61. The molecule has 2 unspecified atom stereocenters. The minimum atomic E-state index is -0.595. The van der Waals surface area contributed by atoms with E-state index in [2.05, 4.69) is 37.9 Å². The van der Waals surface area contributed by atoms with Crippen LogP contribution in [0.25, 0.3) is 0 Å². The van der Waals surface area contributed by atoms with Crippen molar-refractivity contribution in [2.24, 2.45) is 11.1 Å². The molecular weight excluding hydrogens is 238 g/mol. The SMILES string of the molecule is CCCNC(C)(CC(C)N1CCC(C)(C)C1)C(N)=O. The molecule has 1 saturated heterocycles. The minimum Gasteiger partial charge on any atom is -0.368 e. The van der Waals surface area contributed by atoms with Crippen LogP contribution in [0.2, 0.25) is 0 Å². The lowest BCUT2D eigenvalue weighted by Gasteiger charge is -2.34. The first kappa shape index (κ1) is 16.4. The van der Waals surface area contributed by atoms with Gasteiger partial charge in [-0.1, -0.05) is 20.8 Å². The van der Waals surface area contributed by atoms with Crippen LogP contribution in [-0.2, 0) is 4.79 Å². The summed E-state index contributed by atoms with van der Waals surface area (Å²) in [6.07, 6.45) is 3.01. The molecule has 4 nitrogen and oxygen atoms in total. The van der Waals surface area contributed by atoms with Crippen LogP contribution in [0.15, 0.2) is 0 Å². The van der Waals surface area contributed by atoms with Crippen LogP contribution in [0.5, 0.6) is 0 Å². The molecule has 0 bridgehead atoms. The number of hydrogen-bond donors (Lipinski definition) is 2. The van der Waals surface area contributed by atoms with Gasteiger partial charge in [-0.2, -0.15) is 0 Å². The molecule has 3 N–H and O–H groups in total. The van der Waals surface area contributed by atoms with E-state index in [1.54, 1.807) is 0 Å². The average molecular weight is 269 g/mol. The molecule has 1 amide bonds. The van der Waals surface area contributed by atoms with Crippen molar-refractivity contribution in [3.8, 4) is 0 Å². The fraction of sp³-hybridized carbons (Fsp3) is 0.933. The first-order chi connectivity index (χ1) is 8.70. The lowest BCUT2D eigenvalue weighted by Crippen LogP contribution is -2.56. The van der Waals surface area contributed by atoms with Crippen molar-refractivity contribution >= 4 is 5.91 Å². The zero-order valence-electron chi connectivity index (χ0n) is 13.3. The summed E-state index contributed by atoms with van der Waals surface area (Å²) in [7, 11) is 0. The summed E-state index contributed by atoms with van der Waals surface area (Å²) in [5.74, 6) is -0.244. The summed E-state index contributed by atoms with van der Waals surface area (Å²) in [5, 5.41) is 3.32. The third-order valence-electron chi connectivity index (χ3n) is 4.34. The van der Waals surface area contributed by atoms with E-state index in [-0.39, 0.29) is 5.91 Å². The van der Waals surface area contributed by atoms with Gasteiger partial charge in [0.05, 0.1) is 5.54 Å². The smallest absolute Gasteiger partial charge is 0.237 e. The molecule has 1 rings (SSSR count). The first-order valence-electron chi connectivity index (χ1n) is 7.49. The van der Waals surface area contributed by atoms with E-state index in [9.17, 15) is 4.79 Å². The van der Waals surface area contributed by atoms with Crippen LogP contribution >= 0.6 is 0 Å². The predicted molar refractivity (Wildman–Crippen MR) is 79.9 cm³/mol. The molecule has 0 aromatic rings. The van der Waals surface area contributed by atoms with Gasteiger partial charge < -0.3 is 16.0 Å². The Morgan fingerprint density at radius 2 is 2.16 bits per heavy atom. The number of primary amides is 1. The van der Waals surface area contributed by atoms with Crippen LogP contribution < -0.4 is 11.1 Å². The molecule has 1 aliphatic heterocycles. The lowest BCUT2D eigenvalue weighted by molar-refractivity contribution is -0.124. The van der Waals surface area contributed by atoms with Crippen molar-refractivity contribution in [2.75, 3.05) is 19.6 Å². The van der Waals surface area contributed by atoms with Crippen molar-refractivity contribution in [3.63, 3.8) is 0 Å². The molecule has 19 heavy (non-hydrogen) atoms. The Hall–Kier alpha value is -0.610. The van der Waals surface area contributed by atoms with Crippen LogP contribution in [0.3, 0.4) is 0 Å². The molecule has 0 spiro atoms. The van der Waals surface area contributed by atoms with Gasteiger partial charge in [-0.15, -0.1) is 0 Å². The summed E-state index contributed by atoms with van der Waals surface area (Å²) >= 11 is 0. The Kier molecular flexibility index (Phi) is 5.39. The second kappa shape index (κ2) is 6.23. The molecule has 112 valence electrons. The zero-order valence-corrected chi connectivity index (χ0v) is 13.3. The minimum absolute atomic E-state index is 0.244. The molecule has 0 radical (unpaired) electrons. The van der Waals surface area contributed by atoms with E-state index in [0.29, 0.717) is 11.5 Å². The van der Waals surface area contributed by atoms with Gasteiger partial charge in [-0.05, 0) is 51.6 Å². The Morgan fingerprint density at radius 1 is 1.53 bits per heavy atom. The Bertz CT molecular complexity index is 317. The maximum atomic E-state index is 11.7. The van der Waals surface area contributed by atoms with Crippen LogP contribution in [-0.4, -0.2) is 42.0 Å². The topological polar surface area (TPSA) is 58.4 Å². The van der Waals surface area contributed by atoms with Crippen molar-refractivity contribution in [2.45, 2.75) is 65.5 Å². The van der Waals surface area contributed by atoms with E-state index in [4.69, 9.17) is 5.73 Å². The molecule has 2 atom stereocenters. The number of hydrogen-bond acceptors (Lipinski definition) is 3. The molecule has 1 fully saturated rings. The number of nitrogens with zero attached hydrogens (tertiary/aromatic N) is 1.